The minimum atomic E-state index is -1.43. The highest BCUT2D eigenvalue weighted by atomic mass is 16.5. The molecule has 0 unspecified atom stereocenters. The Hall–Kier alpha value is -2.35. The Morgan fingerprint density at radius 2 is 2.10 bits per heavy atom. The standard InChI is InChI=1S/C13H16N2O6/c1-2-21-6-5-14-3-4-15-7-8(13(19)20)10(16)11(17)9(15)12(14)18/h7,17H,2-6H2,1H3,(H,19,20). The largest absolute Gasteiger partial charge is 0.503 e. The zero-order valence-corrected chi connectivity index (χ0v) is 11.5. The van der Waals surface area contributed by atoms with Gasteiger partial charge in [-0.05, 0) is 6.92 Å². The summed E-state index contributed by atoms with van der Waals surface area (Å²) in [5.74, 6) is -2.76. The van der Waals surface area contributed by atoms with Crippen LogP contribution in [0, 0.1) is 0 Å². The van der Waals surface area contributed by atoms with Crippen molar-refractivity contribution < 1.29 is 24.5 Å². The van der Waals surface area contributed by atoms with E-state index >= 15 is 0 Å². The number of ether oxygens (including phenoxy) is 1. The fourth-order valence-corrected chi connectivity index (χ4v) is 2.22. The van der Waals surface area contributed by atoms with Crippen LogP contribution in [0.25, 0.3) is 0 Å². The second-order valence-corrected chi connectivity index (χ2v) is 4.56. The van der Waals surface area contributed by atoms with Crippen LogP contribution in [0.4, 0.5) is 0 Å². The molecule has 21 heavy (non-hydrogen) atoms. The van der Waals surface area contributed by atoms with Gasteiger partial charge >= 0.3 is 5.97 Å². The van der Waals surface area contributed by atoms with Crippen molar-refractivity contribution in [2.75, 3.05) is 26.3 Å². The smallest absolute Gasteiger partial charge is 0.341 e. The first-order valence-electron chi connectivity index (χ1n) is 6.54. The third kappa shape index (κ3) is 2.75. The Balaban J connectivity index is 2.36. The van der Waals surface area contributed by atoms with Crippen LogP contribution in [0.3, 0.4) is 0 Å². The van der Waals surface area contributed by atoms with Gasteiger partial charge in [0.2, 0.25) is 5.43 Å². The number of pyridine rings is 1. The van der Waals surface area contributed by atoms with Crippen LogP contribution in [0.1, 0.15) is 27.8 Å². The predicted octanol–water partition coefficient (Wildman–Crippen LogP) is -0.256. The molecule has 0 aliphatic carbocycles. The van der Waals surface area contributed by atoms with E-state index in [9.17, 15) is 19.5 Å². The number of fused-ring (bicyclic) bond motifs is 1. The Morgan fingerprint density at radius 1 is 1.38 bits per heavy atom. The van der Waals surface area contributed by atoms with Crippen molar-refractivity contribution in [3.63, 3.8) is 0 Å². The molecular weight excluding hydrogens is 280 g/mol. The van der Waals surface area contributed by atoms with Gasteiger partial charge in [-0.1, -0.05) is 0 Å². The summed E-state index contributed by atoms with van der Waals surface area (Å²) in [7, 11) is 0. The summed E-state index contributed by atoms with van der Waals surface area (Å²) in [6.45, 7) is 3.75. The highest BCUT2D eigenvalue weighted by molar-refractivity contribution is 5.97. The molecule has 1 aliphatic rings. The number of carboxylic acids is 1. The van der Waals surface area contributed by atoms with E-state index in [1.54, 1.807) is 0 Å². The molecule has 1 aliphatic heterocycles. The van der Waals surface area contributed by atoms with Gasteiger partial charge in [-0.15, -0.1) is 0 Å². The van der Waals surface area contributed by atoms with Gasteiger partial charge in [-0.25, -0.2) is 4.79 Å². The summed E-state index contributed by atoms with van der Waals surface area (Å²) in [5, 5.41) is 18.8. The van der Waals surface area contributed by atoms with Gasteiger partial charge < -0.3 is 24.4 Å². The van der Waals surface area contributed by atoms with E-state index in [1.165, 1.54) is 9.47 Å². The average Bonchev–Trinajstić information content (AvgIpc) is 2.44. The van der Waals surface area contributed by atoms with E-state index in [4.69, 9.17) is 9.84 Å². The number of carbonyl (C=O) groups is 2. The first kappa shape index (κ1) is 15.0. The number of aromatic nitrogens is 1. The maximum absolute atomic E-state index is 12.3. The minimum Gasteiger partial charge on any atom is -0.503 e. The molecule has 0 saturated heterocycles. The van der Waals surface area contributed by atoms with Crippen LogP contribution in [-0.2, 0) is 11.3 Å². The number of hydrogen-bond acceptors (Lipinski definition) is 5. The molecule has 0 bridgehead atoms. The molecule has 8 nitrogen and oxygen atoms in total. The quantitative estimate of drug-likeness (QED) is 0.725. The molecule has 2 heterocycles. The molecule has 0 aromatic carbocycles. The Morgan fingerprint density at radius 3 is 2.71 bits per heavy atom. The number of amides is 1. The molecule has 1 amide bonds. The minimum absolute atomic E-state index is 0.173. The Labute approximate surface area is 120 Å². The Kier molecular flexibility index (Phi) is 4.27. The molecule has 2 N–H and O–H groups in total. The lowest BCUT2D eigenvalue weighted by Gasteiger charge is -2.30. The first-order valence-corrected chi connectivity index (χ1v) is 6.54. The van der Waals surface area contributed by atoms with E-state index in [-0.39, 0.29) is 5.69 Å². The van der Waals surface area contributed by atoms with Crippen LogP contribution in [0.15, 0.2) is 11.0 Å². The lowest BCUT2D eigenvalue weighted by Crippen LogP contribution is -2.43. The molecule has 2 rings (SSSR count). The van der Waals surface area contributed by atoms with E-state index in [0.29, 0.717) is 32.8 Å². The van der Waals surface area contributed by atoms with E-state index in [1.807, 2.05) is 6.92 Å². The zero-order valence-electron chi connectivity index (χ0n) is 11.5. The van der Waals surface area contributed by atoms with Gasteiger partial charge in [-0.2, -0.15) is 0 Å². The molecule has 0 atom stereocenters. The molecule has 0 saturated carbocycles. The molecule has 8 heteroatoms. The number of aromatic carboxylic acids is 1. The van der Waals surface area contributed by atoms with E-state index in [0.717, 1.165) is 6.20 Å². The van der Waals surface area contributed by atoms with E-state index in [2.05, 4.69) is 0 Å². The van der Waals surface area contributed by atoms with Crippen molar-refractivity contribution in [2.45, 2.75) is 13.5 Å². The van der Waals surface area contributed by atoms with Crippen molar-refractivity contribution in [2.24, 2.45) is 0 Å². The number of hydrogen-bond donors (Lipinski definition) is 2. The number of rotatable bonds is 5. The molecule has 1 aromatic heterocycles. The highest BCUT2D eigenvalue weighted by Gasteiger charge is 2.30. The summed E-state index contributed by atoms with van der Waals surface area (Å²) in [5.41, 5.74) is -1.77. The molecular formula is C13H16N2O6. The number of nitrogens with zero attached hydrogens (tertiary/aromatic N) is 2. The average molecular weight is 296 g/mol. The summed E-state index contributed by atoms with van der Waals surface area (Å²) >= 11 is 0. The van der Waals surface area contributed by atoms with Gasteiger partial charge in [0, 0.05) is 32.4 Å². The maximum Gasteiger partial charge on any atom is 0.341 e. The summed E-state index contributed by atoms with van der Waals surface area (Å²) in [6, 6.07) is 0. The van der Waals surface area contributed by atoms with Crippen molar-refractivity contribution in [1.29, 1.82) is 0 Å². The Bertz CT molecular complexity index is 636. The summed E-state index contributed by atoms with van der Waals surface area (Å²) < 4.78 is 6.48. The zero-order chi connectivity index (χ0) is 15.6. The maximum atomic E-state index is 12.3. The fourth-order valence-electron chi connectivity index (χ4n) is 2.22. The predicted molar refractivity (Wildman–Crippen MR) is 71.7 cm³/mol. The van der Waals surface area contributed by atoms with Gasteiger partial charge in [0.25, 0.3) is 5.91 Å². The second kappa shape index (κ2) is 5.96. The topological polar surface area (TPSA) is 109 Å². The summed E-state index contributed by atoms with van der Waals surface area (Å²) in [4.78, 5) is 36.4. The SMILES string of the molecule is CCOCCN1CCn2cc(C(=O)O)c(=O)c(O)c2C1=O. The normalized spacial score (nSPS) is 14.1. The van der Waals surface area contributed by atoms with Crippen molar-refractivity contribution in [3.8, 4) is 5.75 Å². The molecule has 0 spiro atoms. The van der Waals surface area contributed by atoms with Crippen LogP contribution in [0.5, 0.6) is 5.75 Å². The molecule has 1 aromatic rings. The van der Waals surface area contributed by atoms with Crippen LogP contribution in [-0.4, -0.2) is 57.9 Å². The number of carbonyl (C=O) groups excluding carboxylic acids is 1. The van der Waals surface area contributed by atoms with Crippen molar-refractivity contribution in [3.05, 3.63) is 27.7 Å². The van der Waals surface area contributed by atoms with E-state index < -0.39 is 28.6 Å². The lowest BCUT2D eigenvalue weighted by atomic mass is 10.1. The lowest BCUT2D eigenvalue weighted by molar-refractivity contribution is 0.0591. The molecule has 0 fully saturated rings. The third-order valence-corrected chi connectivity index (χ3v) is 3.30. The van der Waals surface area contributed by atoms with Crippen LogP contribution < -0.4 is 5.43 Å². The monoisotopic (exact) mass is 296 g/mol. The first-order chi connectivity index (χ1) is 9.97. The second-order valence-electron chi connectivity index (χ2n) is 4.56. The number of carboxylic acid groups (broad SMARTS) is 1. The van der Waals surface area contributed by atoms with Crippen molar-refractivity contribution >= 4 is 11.9 Å². The third-order valence-electron chi connectivity index (χ3n) is 3.30. The molecule has 114 valence electrons. The van der Waals surface area contributed by atoms with Gasteiger partial charge in [0.05, 0.1) is 6.61 Å². The summed E-state index contributed by atoms with van der Waals surface area (Å²) in [6.07, 6.45) is 1.09. The van der Waals surface area contributed by atoms with Gasteiger partial charge in [0.15, 0.2) is 11.4 Å². The fraction of sp³-hybridized carbons (Fsp3) is 0.462. The van der Waals surface area contributed by atoms with Crippen molar-refractivity contribution in [1.82, 2.24) is 9.47 Å². The van der Waals surface area contributed by atoms with Crippen LogP contribution in [0.2, 0.25) is 0 Å². The van der Waals surface area contributed by atoms with Gasteiger partial charge in [0.1, 0.15) is 5.56 Å². The van der Waals surface area contributed by atoms with Gasteiger partial charge in [-0.3, -0.25) is 9.59 Å². The number of aromatic hydroxyl groups is 1. The molecule has 0 radical (unpaired) electrons. The van der Waals surface area contributed by atoms with Crippen LogP contribution >= 0.6 is 0 Å². The highest BCUT2D eigenvalue weighted by Crippen LogP contribution is 2.20.